The number of hydrogen-bond acceptors (Lipinski definition) is 5. The topological polar surface area (TPSA) is 115 Å². The lowest BCUT2D eigenvalue weighted by Crippen LogP contribution is -2.26. The zero-order chi connectivity index (χ0) is 21.2. The maximum atomic E-state index is 11.9. The number of nitro benzene ring substituents is 2. The molecule has 1 N–H and O–H groups in total. The Kier molecular flexibility index (Phi) is 7.55. The number of nitrogens with zero attached hydrogens (tertiary/aromatic N) is 2. The van der Waals surface area contributed by atoms with E-state index in [0.29, 0.717) is 5.56 Å². The van der Waals surface area contributed by atoms with Gasteiger partial charge < -0.3 is 5.32 Å². The Labute approximate surface area is 167 Å². The third kappa shape index (κ3) is 6.55. The van der Waals surface area contributed by atoms with E-state index < -0.39 is 9.85 Å². The number of carbonyl (C=O) groups excluding carboxylic acids is 1. The van der Waals surface area contributed by atoms with Gasteiger partial charge in [0.2, 0.25) is 0 Å². The zero-order valence-corrected chi connectivity index (χ0v) is 15.6. The van der Waals surface area contributed by atoms with Crippen molar-refractivity contribution in [2.24, 2.45) is 0 Å². The highest BCUT2D eigenvalue weighted by molar-refractivity contribution is 5.94. The van der Waals surface area contributed by atoms with Crippen molar-refractivity contribution in [3.05, 3.63) is 116 Å². The first kappa shape index (κ1) is 21.2. The summed E-state index contributed by atoms with van der Waals surface area (Å²) in [6.07, 6.45) is 0. The Hall–Kier alpha value is -4.07. The van der Waals surface area contributed by atoms with Crippen LogP contribution in [0.1, 0.15) is 28.9 Å². The van der Waals surface area contributed by atoms with Crippen molar-refractivity contribution in [3.8, 4) is 0 Å². The molecule has 3 aromatic carbocycles. The van der Waals surface area contributed by atoms with Crippen molar-refractivity contribution in [2.45, 2.75) is 13.0 Å². The number of hydrogen-bond donors (Lipinski definition) is 1. The highest BCUT2D eigenvalue weighted by atomic mass is 16.6. The monoisotopic (exact) mass is 393 g/mol. The third-order valence-electron chi connectivity index (χ3n) is 3.93. The zero-order valence-electron chi connectivity index (χ0n) is 15.6. The molecule has 148 valence electrons. The van der Waals surface area contributed by atoms with Gasteiger partial charge in [-0.2, -0.15) is 0 Å². The largest absolute Gasteiger partial charge is 0.346 e. The Morgan fingerprint density at radius 2 is 1.28 bits per heavy atom. The second-order valence-electron chi connectivity index (χ2n) is 6.01. The molecule has 8 heteroatoms. The molecular weight excluding hydrogens is 374 g/mol. The van der Waals surface area contributed by atoms with Crippen LogP contribution in [0, 0.1) is 20.2 Å². The molecule has 0 radical (unpaired) electrons. The average Bonchev–Trinajstić information content (AvgIpc) is 2.75. The van der Waals surface area contributed by atoms with Crippen molar-refractivity contribution >= 4 is 17.3 Å². The number of rotatable bonds is 5. The number of carbonyl (C=O) groups is 1. The number of amides is 1. The van der Waals surface area contributed by atoms with Gasteiger partial charge in [-0.05, 0) is 30.7 Å². The minimum Gasteiger partial charge on any atom is -0.346 e. The van der Waals surface area contributed by atoms with Crippen molar-refractivity contribution in [1.29, 1.82) is 0 Å². The molecule has 0 aliphatic carbocycles. The normalized spacial score (nSPS) is 10.8. The highest BCUT2D eigenvalue weighted by Gasteiger charge is 2.12. The summed E-state index contributed by atoms with van der Waals surface area (Å²) in [5.74, 6) is -0.0399. The van der Waals surface area contributed by atoms with E-state index in [4.69, 9.17) is 0 Å². The van der Waals surface area contributed by atoms with Gasteiger partial charge in [0.25, 0.3) is 17.3 Å². The summed E-state index contributed by atoms with van der Waals surface area (Å²) in [6.45, 7) is 1.98. The molecule has 0 bridgehead atoms. The molecule has 0 saturated heterocycles. The van der Waals surface area contributed by atoms with E-state index in [1.54, 1.807) is 0 Å². The van der Waals surface area contributed by atoms with Crippen LogP contribution in [-0.4, -0.2) is 15.8 Å². The quantitative estimate of drug-likeness (QED) is 0.499. The Morgan fingerprint density at radius 1 is 0.793 bits per heavy atom. The average molecular weight is 393 g/mol. The molecule has 1 unspecified atom stereocenters. The highest BCUT2D eigenvalue weighted by Crippen LogP contribution is 2.18. The van der Waals surface area contributed by atoms with Gasteiger partial charge in [0.1, 0.15) is 0 Å². The molecule has 0 spiro atoms. The fraction of sp³-hybridized carbons (Fsp3) is 0.0952. The summed E-state index contributed by atoms with van der Waals surface area (Å²) in [6, 6.07) is 23.8. The summed E-state index contributed by atoms with van der Waals surface area (Å²) in [5.41, 5.74) is 1.25. The van der Waals surface area contributed by atoms with E-state index >= 15 is 0 Å². The molecular formula is C21H19N3O5. The number of nitrogens with one attached hydrogen (secondary N) is 1. The summed E-state index contributed by atoms with van der Waals surface area (Å²) in [5, 5.41) is 23.3. The molecule has 1 amide bonds. The van der Waals surface area contributed by atoms with Gasteiger partial charge in [-0.3, -0.25) is 25.0 Å². The van der Waals surface area contributed by atoms with Gasteiger partial charge >= 0.3 is 0 Å². The van der Waals surface area contributed by atoms with Crippen molar-refractivity contribution < 1.29 is 14.6 Å². The maximum absolute atomic E-state index is 11.9. The van der Waals surface area contributed by atoms with Crippen LogP contribution in [-0.2, 0) is 0 Å². The Morgan fingerprint density at radius 3 is 1.76 bits per heavy atom. The molecule has 0 heterocycles. The summed E-state index contributed by atoms with van der Waals surface area (Å²) in [7, 11) is 0. The minimum absolute atomic E-state index is 0.0175. The van der Waals surface area contributed by atoms with Crippen LogP contribution in [0.3, 0.4) is 0 Å². The first-order chi connectivity index (χ1) is 13.9. The molecule has 3 aromatic rings. The predicted molar refractivity (Wildman–Crippen MR) is 109 cm³/mol. The molecule has 1 atom stereocenters. The van der Waals surface area contributed by atoms with E-state index in [0.717, 1.165) is 11.6 Å². The number of benzene rings is 3. The summed E-state index contributed by atoms with van der Waals surface area (Å²) >= 11 is 0. The predicted octanol–water partition coefficient (Wildman–Crippen LogP) is 4.68. The third-order valence-corrected chi connectivity index (χ3v) is 3.93. The molecule has 0 aromatic heterocycles. The first-order valence-electron chi connectivity index (χ1n) is 8.68. The van der Waals surface area contributed by atoms with Crippen LogP contribution in [0.2, 0.25) is 0 Å². The van der Waals surface area contributed by atoms with Crippen LogP contribution in [0.5, 0.6) is 0 Å². The van der Waals surface area contributed by atoms with Crippen LogP contribution < -0.4 is 5.32 Å². The standard InChI is InChI=1S/C15H15NO.C6H4N2O4/c1-12(13-8-4-2-5-9-13)16-15(17)14-10-6-3-7-11-14;9-7(10)5-2-1-3-6(4-5)8(11)12/h2-12H,1H3,(H,16,17);1-4H. The van der Waals surface area contributed by atoms with Gasteiger partial charge in [0, 0.05) is 17.7 Å². The van der Waals surface area contributed by atoms with E-state index in [2.05, 4.69) is 5.32 Å². The molecule has 8 nitrogen and oxygen atoms in total. The van der Waals surface area contributed by atoms with Gasteiger partial charge in [0.15, 0.2) is 0 Å². The Balaban J connectivity index is 0.000000221. The van der Waals surface area contributed by atoms with Crippen molar-refractivity contribution in [3.63, 3.8) is 0 Å². The second-order valence-corrected chi connectivity index (χ2v) is 6.01. The Bertz CT molecular complexity index is 949. The van der Waals surface area contributed by atoms with Gasteiger partial charge in [0.05, 0.1) is 22.0 Å². The summed E-state index contributed by atoms with van der Waals surface area (Å²) < 4.78 is 0. The molecule has 0 aliphatic rings. The van der Waals surface area contributed by atoms with Crippen LogP contribution in [0.25, 0.3) is 0 Å². The molecule has 0 fully saturated rings. The second kappa shape index (κ2) is 10.3. The maximum Gasteiger partial charge on any atom is 0.276 e. The molecule has 0 aliphatic heterocycles. The van der Waals surface area contributed by atoms with Crippen LogP contribution >= 0.6 is 0 Å². The molecule has 29 heavy (non-hydrogen) atoms. The van der Waals surface area contributed by atoms with E-state index in [-0.39, 0.29) is 23.3 Å². The van der Waals surface area contributed by atoms with Gasteiger partial charge in [-0.25, -0.2) is 0 Å². The van der Waals surface area contributed by atoms with Crippen LogP contribution in [0.15, 0.2) is 84.9 Å². The molecule has 0 saturated carbocycles. The van der Waals surface area contributed by atoms with Crippen molar-refractivity contribution in [2.75, 3.05) is 0 Å². The van der Waals surface area contributed by atoms with Gasteiger partial charge in [-0.1, -0.05) is 48.5 Å². The SMILES string of the molecule is CC(NC(=O)c1ccccc1)c1ccccc1.O=[N+]([O-])c1cccc([N+](=O)[O-])c1. The lowest BCUT2D eigenvalue weighted by molar-refractivity contribution is -0.394. The number of non-ortho nitro benzene ring substituents is 2. The van der Waals surface area contributed by atoms with E-state index in [1.807, 2.05) is 67.6 Å². The number of nitro groups is 2. The van der Waals surface area contributed by atoms with Crippen molar-refractivity contribution in [1.82, 2.24) is 5.32 Å². The fourth-order valence-electron chi connectivity index (χ4n) is 2.41. The summed E-state index contributed by atoms with van der Waals surface area (Å²) in [4.78, 5) is 30.9. The fourth-order valence-corrected chi connectivity index (χ4v) is 2.41. The molecule has 3 rings (SSSR count). The van der Waals surface area contributed by atoms with E-state index in [1.165, 1.54) is 18.2 Å². The smallest absolute Gasteiger partial charge is 0.276 e. The lowest BCUT2D eigenvalue weighted by Gasteiger charge is -2.14. The lowest BCUT2D eigenvalue weighted by atomic mass is 10.1. The van der Waals surface area contributed by atoms with Gasteiger partial charge in [-0.15, -0.1) is 0 Å². The van der Waals surface area contributed by atoms with E-state index in [9.17, 15) is 25.0 Å². The first-order valence-corrected chi connectivity index (χ1v) is 8.68. The van der Waals surface area contributed by atoms with Crippen LogP contribution in [0.4, 0.5) is 11.4 Å². The minimum atomic E-state index is -0.674.